The number of nitrogens with zero attached hydrogens (tertiary/aromatic N) is 3. The number of carbonyl (C=O) groups is 1. The second-order valence-electron chi connectivity index (χ2n) is 7.45. The van der Waals surface area contributed by atoms with E-state index in [4.69, 9.17) is 4.98 Å². The number of aromatic nitrogens is 2. The van der Waals surface area contributed by atoms with E-state index in [0.29, 0.717) is 11.5 Å². The van der Waals surface area contributed by atoms with Gasteiger partial charge in [-0.25, -0.2) is 22.7 Å². The number of sulfonamides is 1. The van der Waals surface area contributed by atoms with Crippen LogP contribution in [0.3, 0.4) is 0 Å². The molecule has 170 valence electrons. The predicted molar refractivity (Wildman–Crippen MR) is 134 cm³/mol. The van der Waals surface area contributed by atoms with Gasteiger partial charge in [-0.05, 0) is 42.1 Å². The van der Waals surface area contributed by atoms with Crippen LogP contribution in [0.25, 0.3) is 21.6 Å². The van der Waals surface area contributed by atoms with Crippen molar-refractivity contribution in [3.8, 4) is 10.7 Å². The summed E-state index contributed by atoms with van der Waals surface area (Å²) in [4.78, 5) is 23.2. The number of rotatable bonds is 7. The lowest BCUT2D eigenvalue weighted by molar-refractivity contribution is -0.113. The first-order valence-corrected chi connectivity index (χ1v) is 13.3. The van der Waals surface area contributed by atoms with Crippen molar-refractivity contribution in [1.82, 2.24) is 14.3 Å². The summed E-state index contributed by atoms with van der Waals surface area (Å²) in [5.74, 6) is 0.501. The van der Waals surface area contributed by atoms with Gasteiger partial charge in [0.05, 0.1) is 21.0 Å². The minimum Gasteiger partial charge on any atom is -0.325 e. The minimum absolute atomic E-state index is 0.120. The first-order chi connectivity index (χ1) is 15.8. The van der Waals surface area contributed by atoms with Crippen molar-refractivity contribution in [2.24, 2.45) is 0 Å². The van der Waals surface area contributed by atoms with Gasteiger partial charge >= 0.3 is 0 Å². The van der Waals surface area contributed by atoms with Crippen molar-refractivity contribution in [1.29, 1.82) is 0 Å². The highest BCUT2D eigenvalue weighted by atomic mass is 32.2. The van der Waals surface area contributed by atoms with Crippen LogP contribution in [0.5, 0.6) is 0 Å². The van der Waals surface area contributed by atoms with Crippen LogP contribution < -0.4 is 5.32 Å². The Hall–Kier alpha value is -2.79. The molecule has 1 N–H and O–H groups in total. The van der Waals surface area contributed by atoms with Gasteiger partial charge in [-0.1, -0.05) is 42.1 Å². The normalized spacial score (nSPS) is 11.8. The molecule has 2 aromatic carbocycles. The highest BCUT2D eigenvalue weighted by Crippen LogP contribution is 2.30. The Kier molecular flexibility index (Phi) is 6.80. The standard InChI is InChI=1S/C23H22N4O3S3/c1-15-10-11-16(33(29,30)27(2)3)13-19(15)24-21(28)14-32-23-17-7-4-5-8-18(17)25-22(26-23)20-9-6-12-31-20/h4-13H,14H2,1-3H3,(H,24,28). The summed E-state index contributed by atoms with van der Waals surface area (Å²) in [6.07, 6.45) is 0. The van der Waals surface area contributed by atoms with Crippen LogP contribution >= 0.6 is 23.1 Å². The lowest BCUT2D eigenvalue weighted by atomic mass is 10.2. The number of hydrogen-bond donors (Lipinski definition) is 1. The molecule has 0 saturated carbocycles. The van der Waals surface area contributed by atoms with E-state index in [-0.39, 0.29) is 16.6 Å². The van der Waals surface area contributed by atoms with Crippen LogP contribution in [0.4, 0.5) is 5.69 Å². The summed E-state index contributed by atoms with van der Waals surface area (Å²) in [6.45, 7) is 1.82. The molecule has 0 aliphatic carbocycles. The minimum atomic E-state index is -3.60. The van der Waals surface area contributed by atoms with Gasteiger partial charge in [-0.2, -0.15) is 0 Å². The van der Waals surface area contributed by atoms with Gasteiger partial charge in [-0.15, -0.1) is 11.3 Å². The molecule has 0 spiro atoms. The fourth-order valence-electron chi connectivity index (χ4n) is 3.10. The van der Waals surface area contributed by atoms with Crippen molar-refractivity contribution < 1.29 is 13.2 Å². The Morgan fingerprint density at radius 2 is 1.88 bits per heavy atom. The maximum Gasteiger partial charge on any atom is 0.242 e. The molecule has 1 amide bonds. The van der Waals surface area contributed by atoms with E-state index >= 15 is 0 Å². The Balaban J connectivity index is 1.55. The fourth-order valence-corrected chi connectivity index (χ4v) is 5.51. The SMILES string of the molecule is Cc1ccc(S(=O)(=O)N(C)C)cc1NC(=O)CSc1nc(-c2cccs2)nc2ccccc12. The summed E-state index contributed by atoms with van der Waals surface area (Å²) in [5, 5.41) is 6.41. The van der Waals surface area contributed by atoms with Gasteiger partial charge in [0, 0.05) is 25.2 Å². The van der Waals surface area contributed by atoms with Crippen LogP contribution in [0.2, 0.25) is 0 Å². The molecule has 0 aliphatic rings. The van der Waals surface area contributed by atoms with E-state index in [1.807, 2.05) is 48.7 Å². The number of anilines is 1. The topological polar surface area (TPSA) is 92.3 Å². The lowest BCUT2D eigenvalue weighted by Crippen LogP contribution is -2.22. The molecule has 0 atom stereocenters. The van der Waals surface area contributed by atoms with Gasteiger partial charge in [0.1, 0.15) is 5.03 Å². The molecule has 2 heterocycles. The number of para-hydroxylation sites is 1. The third kappa shape index (κ3) is 5.09. The second-order valence-corrected chi connectivity index (χ2v) is 11.5. The van der Waals surface area contributed by atoms with E-state index in [1.54, 1.807) is 17.4 Å². The monoisotopic (exact) mass is 498 g/mol. The fraction of sp³-hybridized carbons (Fsp3) is 0.174. The highest BCUT2D eigenvalue weighted by molar-refractivity contribution is 8.00. The first kappa shape index (κ1) is 23.4. The molecule has 4 rings (SSSR count). The first-order valence-electron chi connectivity index (χ1n) is 10.0. The van der Waals surface area contributed by atoms with Gasteiger partial charge in [0.2, 0.25) is 15.9 Å². The van der Waals surface area contributed by atoms with Crippen LogP contribution in [0.1, 0.15) is 5.56 Å². The number of amides is 1. The predicted octanol–water partition coefficient (Wildman–Crippen LogP) is 4.65. The summed E-state index contributed by atoms with van der Waals surface area (Å²) >= 11 is 2.88. The van der Waals surface area contributed by atoms with Crippen molar-refractivity contribution in [3.05, 3.63) is 65.5 Å². The Morgan fingerprint density at radius 3 is 2.61 bits per heavy atom. The van der Waals surface area contributed by atoms with Crippen LogP contribution in [-0.4, -0.2) is 48.4 Å². The molecule has 7 nitrogen and oxygen atoms in total. The number of carbonyl (C=O) groups excluding carboxylic acids is 1. The Labute approximate surface area is 200 Å². The number of fused-ring (bicyclic) bond motifs is 1. The van der Waals surface area contributed by atoms with E-state index in [2.05, 4.69) is 10.3 Å². The quantitative estimate of drug-likeness (QED) is 0.295. The van der Waals surface area contributed by atoms with E-state index in [9.17, 15) is 13.2 Å². The van der Waals surface area contributed by atoms with Crippen molar-refractivity contribution in [2.75, 3.05) is 25.2 Å². The number of nitrogens with one attached hydrogen (secondary N) is 1. The maximum atomic E-state index is 12.7. The molecular formula is C23H22N4O3S3. The Morgan fingerprint density at radius 1 is 1.09 bits per heavy atom. The number of aryl methyl sites for hydroxylation is 1. The molecule has 33 heavy (non-hydrogen) atoms. The highest BCUT2D eigenvalue weighted by Gasteiger charge is 2.19. The van der Waals surface area contributed by atoms with Crippen molar-refractivity contribution in [3.63, 3.8) is 0 Å². The van der Waals surface area contributed by atoms with Gasteiger partial charge < -0.3 is 5.32 Å². The largest absolute Gasteiger partial charge is 0.325 e. The molecule has 2 aromatic heterocycles. The summed E-state index contributed by atoms with van der Waals surface area (Å²) < 4.78 is 26.0. The average molecular weight is 499 g/mol. The molecule has 0 unspecified atom stereocenters. The average Bonchev–Trinajstić information content (AvgIpc) is 3.33. The van der Waals surface area contributed by atoms with E-state index in [1.165, 1.54) is 38.0 Å². The van der Waals surface area contributed by atoms with Crippen LogP contribution in [-0.2, 0) is 14.8 Å². The number of hydrogen-bond acceptors (Lipinski definition) is 7. The smallest absolute Gasteiger partial charge is 0.242 e. The number of thioether (sulfide) groups is 1. The second kappa shape index (κ2) is 9.60. The Bertz CT molecular complexity index is 1420. The zero-order chi connectivity index (χ0) is 23.6. The van der Waals surface area contributed by atoms with Crippen LogP contribution in [0.15, 0.2) is 69.9 Å². The van der Waals surface area contributed by atoms with Gasteiger partial charge in [0.25, 0.3) is 0 Å². The van der Waals surface area contributed by atoms with Crippen molar-refractivity contribution in [2.45, 2.75) is 16.8 Å². The van der Waals surface area contributed by atoms with Gasteiger partial charge in [0.15, 0.2) is 5.82 Å². The van der Waals surface area contributed by atoms with E-state index < -0.39 is 10.0 Å². The van der Waals surface area contributed by atoms with Crippen molar-refractivity contribution >= 4 is 55.6 Å². The summed E-state index contributed by atoms with van der Waals surface area (Å²) in [6, 6.07) is 16.3. The molecule has 0 bridgehead atoms. The maximum absolute atomic E-state index is 12.7. The van der Waals surface area contributed by atoms with Gasteiger partial charge in [-0.3, -0.25) is 4.79 Å². The summed E-state index contributed by atoms with van der Waals surface area (Å²) in [5.41, 5.74) is 2.06. The third-order valence-electron chi connectivity index (χ3n) is 4.91. The molecular weight excluding hydrogens is 476 g/mol. The lowest BCUT2D eigenvalue weighted by Gasteiger charge is -2.14. The molecule has 0 aliphatic heterocycles. The molecule has 0 radical (unpaired) electrons. The summed E-state index contributed by atoms with van der Waals surface area (Å²) in [7, 11) is -0.651. The molecule has 0 fully saturated rings. The molecule has 10 heteroatoms. The molecule has 0 saturated heterocycles. The zero-order valence-corrected chi connectivity index (χ0v) is 20.7. The van der Waals surface area contributed by atoms with Crippen LogP contribution in [0, 0.1) is 6.92 Å². The number of benzene rings is 2. The zero-order valence-electron chi connectivity index (χ0n) is 18.3. The third-order valence-corrected chi connectivity index (χ3v) is 8.58. The van der Waals surface area contributed by atoms with E-state index in [0.717, 1.165) is 30.7 Å². The number of thiophene rings is 1. The molecule has 4 aromatic rings.